The Morgan fingerprint density at radius 2 is 2.00 bits per heavy atom. The fourth-order valence-electron chi connectivity index (χ4n) is 1.99. The highest BCUT2D eigenvalue weighted by Crippen LogP contribution is 2.38. The van der Waals surface area contributed by atoms with Crippen molar-refractivity contribution in [1.82, 2.24) is 0 Å². The number of fused-ring (bicyclic) bond motifs is 1. The van der Waals surface area contributed by atoms with E-state index in [4.69, 9.17) is 5.26 Å². The summed E-state index contributed by atoms with van der Waals surface area (Å²) in [4.78, 5) is 0. The van der Waals surface area contributed by atoms with Crippen LogP contribution in [0.3, 0.4) is 0 Å². The summed E-state index contributed by atoms with van der Waals surface area (Å²) in [6, 6.07) is 10.5. The van der Waals surface area contributed by atoms with E-state index in [1.165, 1.54) is 5.56 Å². The quantitative estimate of drug-likeness (QED) is 0.605. The number of benzene rings is 1. The first kappa shape index (κ1) is 9.02. The Morgan fingerprint density at radius 3 is 2.71 bits per heavy atom. The maximum atomic E-state index is 8.99. The molecule has 1 heteroatoms. The van der Waals surface area contributed by atoms with E-state index in [-0.39, 0.29) is 5.41 Å². The minimum Gasteiger partial charge on any atom is -0.192 e. The fraction of sp³-hybridized carbons (Fsp3) is 0.308. The summed E-state index contributed by atoms with van der Waals surface area (Å²) in [5.41, 5.74) is 3.38. The van der Waals surface area contributed by atoms with Crippen molar-refractivity contribution in [3.8, 4) is 6.07 Å². The summed E-state index contributed by atoms with van der Waals surface area (Å²) in [5.74, 6) is 0. The monoisotopic (exact) mass is 183 g/mol. The molecule has 1 aromatic rings. The van der Waals surface area contributed by atoms with Gasteiger partial charge < -0.3 is 0 Å². The van der Waals surface area contributed by atoms with Crippen molar-refractivity contribution >= 4 is 5.57 Å². The molecule has 0 amide bonds. The second kappa shape index (κ2) is 2.99. The number of rotatable bonds is 0. The summed E-state index contributed by atoms with van der Waals surface area (Å²) in [5, 5.41) is 8.99. The molecule has 70 valence electrons. The van der Waals surface area contributed by atoms with Crippen LogP contribution in [0.2, 0.25) is 0 Å². The Balaban J connectivity index is 2.66. The third-order valence-corrected chi connectivity index (χ3v) is 2.88. The lowest BCUT2D eigenvalue weighted by molar-refractivity contribution is 0.527. The van der Waals surface area contributed by atoms with Gasteiger partial charge in [-0.15, -0.1) is 0 Å². The third-order valence-electron chi connectivity index (χ3n) is 2.88. The molecule has 0 aliphatic heterocycles. The minimum absolute atomic E-state index is 0.164. The van der Waals surface area contributed by atoms with Crippen LogP contribution in [0.25, 0.3) is 5.57 Å². The molecule has 14 heavy (non-hydrogen) atoms. The molecule has 0 bridgehead atoms. The minimum atomic E-state index is 0.164. The molecule has 1 aliphatic carbocycles. The average Bonchev–Trinajstić information content (AvgIpc) is 2.18. The van der Waals surface area contributed by atoms with Crippen LogP contribution in [-0.2, 0) is 5.41 Å². The molecule has 0 saturated carbocycles. The van der Waals surface area contributed by atoms with Crippen LogP contribution >= 0.6 is 0 Å². The van der Waals surface area contributed by atoms with Gasteiger partial charge in [0.2, 0.25) is 0 Å². The topological polar surface area (TPSA) is 23.8 Å². The van der Waals surface area contributed by atoms with Crippen molar-refractivity contribution in [3.05, 3.63) is 41.5 Å². The largest absolute Gasteiger partial charge is 0.192 e. The van der Waals surface area contributed by atoms with E-state index in [2.05, 4.69) is 26.0 Å². The summed E-state index contributed by atoms with van der Waals surface area (Å²) in [7, 11) is 0. The summed E-state index contributed by atoms with van der Waals surface area (Å²) >= 11 is 0. The van der Waals surface area contributed by atoms with Gasteiger partial charge in [-0.3, -0.25) is 0 Å². The van der Waals surface area contributed by atoms with Gasteiger partial charge in [0.1, 0.15) is 0 Å². The molecule has 0 atom stereocenters. The van der Waals surface area contributed by atoms with Crippen LogP contribution in [-0.4, -0.2) is 0 Å². The molecule has 2 rings (SSSR count). The number of hydrogen-bond acceptors (Lipinski definition) is 1. The molecule has 1 aliphatic rings. The molecule has 0 N–H and O–H groups in total. The maximum absolute atomic E-state index is 8.99. The van der Waals surface area contributed by atoms with E-state index < -0.39 is 0 Å². The predicted molar refractivity (Wildman–Crippen MR) is 57.7 cm³/mol. The Hall–Kier alpha value is -1.55. The molecule has 0 heterocycles. The Bertz CT molecular complexity index is 433. The van der Waals surface area contributed by atoms with Crippen LogP contribution in [0, 0.1) is 11.3 Å². The van der Waals surface area contributed by atoms with E-state index in [0.29, 0.717) is 0 Å². The normalized spacial score (nSPS) is 17.9. The van der Waals surface area contributed by atoms with Crippen molar-refractivity contribution in [2.45, 2.75) is 25.7 Å². The SMILES string of the molecule is CC1(C)CC=C(C#N)c2ccccc21. The van der Waals surface area contributed by atoms with Gasteiger partial charge in [-0.2, -0.15) is 5.26 Å². The lowest BCUT2D eigenvalue weighted by Gasteiger charge is -2.30. The lowest BCUT2D eigenvalue weighted by atomic mass is 9.74. The molecule has 1 aromatic carbocycles. The molecule has 0 aromatic heterocycles. The Morgan fingerprint density at radius 1 is 1.29 bits per heavy atom. The molecule has 0 spiro atoms. The van der Waals surface area contributed by atoms with Crippen molar-refractivity contribution < 1.29 is 0 Å². The van der Waals surface area contributed by atoms with Crippen LogP contribution in [0.4, 0.5) is 0 Å². The van der Waals surface area contributed by atoms with Crippen molar-refractivity contribution in [3.63, 3.8) is 0 Å². The zero-order valence-corrected chi connectivity index (χ0v) is 8.54. The van der Waals surface area contributed by atoms with Gasteiger partial charge in [0.05, 0.1) is 11.6 Å². The highest BCUT2D eigenvalue weighted by molar-refractivity contribution is 5.80. The smallest absolute Gasteiger partial charge is 0.0994 e. The van der Waals surface area contributed by atoms with Gasteiger partial charge in [-0.25, -0.2) is 0 Å². The van der Waals surface area contributed by atoms with Crippen molar-refractivity contribution in [1.29, 1.82) is 5.26 Å². The van der Waals surface area contributed by atoms with Gasteiger partial charge in [-0.05, 0) is 23.0 Å². The standard InChI is InChI=1S/C13H13N/c1-13(2)8-7-10(9-14)11-5-3-4-6-12(11)13/h3-7H,8H2,1-2H3. The van der Waals surface area contributed by atoms with Crippen LogP contribution in [0.15, 0.2) is 30.3 Å². The highest BCUT2D eigenvalue weighted by atomic mass is 14.3. The molecule has 1 nitrogen and oxygen atoms in total. The second-order valence-electron chi connectivity index (χ2n) is 4.36. The Labute approximate surface area is 84.7 Å². The van der Waals surface area contributed by atoms with Crippen molar-refractivity contribution in [2.24, 2.45) is 0 Å². The Kier molecular flexibility index (Phi) is 1.93. The number of nitrogens with zero attached hydrogens (tertiary/aromatic N) is 1. The predicted octanol–water partition coefficient (Wildman–Crippen LogP) is 3.27. The molecular formula is C13H13N. The van der Waals surface area contributed by atoms with Crippen LogP contribution in [0.5, 0.6) is 0 Å². The number of allylic oxidation sites excluding steroid dienone is 2. The maximum Gasteiger partial charge on any atom is 0.0994 e. The van der Waals surface area contributed by atoms with Gasteiger partial charge in [0, 0.05) is 0 Å². The van der Waals surface area contributed by atoms with E-state index >= 15 is 0 Å². The number of nitriles is 1. The van der Waals surface area contributed by atoms with E-state index in [9.17, 15) is 0 Å². The fourth-order valence-corrected chi connectivity index (χ4v) is 1.99. The first-order chi connectivity index (χ1) is 6.65. The summed E-state index contributed by atoms with van der Waals surface area (Å²) in [6.07, 6.45) is 3.00. The zero-order valence-electron chi connectivity index (χ0n) is 8.54. The average molecular weight is 183 g/mol. The lowest BCUT2D eigenvalue weighted by Crippen LogP contribution is -2.21. The van der Waals surface area contributed by atoms with Gasteiger partial charge in [-0.1, -0.05) is 44.2 Å². The molecule has 0 saturated heterocycles. The van der Waals surface area contributed by atoms with Gasteiger partial charge in [0.25, 0.3) is 0 Å². The first-order valence-corrected chi connectivity index (χ1v) is 4.85. The summed E-state index contributed by atoms with van der Waals surface area (Å²) < 4.78 is 0. The third kappa shape index (κ3) is 1.24. The second-order valence-corrected chi connectivity index (χ2v) is 4.36. The highest BCUT2D eigenvalue weighted by Gasteiger charge is 2.27. The summed E-state index contributed by atoms with van der Waals surface area (Å²) in [6.45, 7) is 4.44. The number of hydrogen-bond donors (Lipinski definition) is 0. The molecule has 0 fully saturated rings. The molecular weight excluding hydrogens is 170 g/mol. The molecule has 0 radical (unpaired) electrons. The molecule has 0 unspecified atom stereocenters. The van der Waals surface area contributed by atoms with Crippen LogP contribution in [0.1, 0.15) is 31.4 Å². The van der Waals surface area contributed by atoms with Crippen LogP contribution < -0.4 is 0 Å². The van der Waals surface area contributed by atoms with E-state index in [1.807, 2.05) is 24.3 Å². The first-order valence-electron chi connectivity index (χ1n) is 4.85. The van der Waals surface area contributed by atoms with E-state index in [0.717, 1.165) is 17.6 Å². The van der Waals surface area contributed by atoms with Gasteiger partial charge >= 0.3 is 0 Å². The van der Waals surface area contributed by atoms with Gasteiger partial charge in [0.15, 0.2) is 0 Å². The van der Waals surface area contributed by atoms with Crippen molar-refractivity contribution in [2.75, 3.05) is 0 Å². The zero-order chi connectivity index (χ0) is 10.2. The van der Waals surface area contributed by atoms with E-state index in [1.54, 1.807) is 0 Å².